The number of carbonyl (C=O) groups is 2. The Balaban J connectivity index is 1.83. The molecule has 5 nitrogen and oxygen atoms in total. The molecule has 27 heavy (non-hydrogen) atoms. The number of hydrogen-bond donors (Lipinski definition) is 2. The van der Waals surface area contributed by atoms with Crippen LogP contribution in [0, 0.1) is 13.8 Å². The fourth-order valence-corrected chi connectivity index (χ4v) is 2.74. The zero-order chi connectivity index (χ0) is 19.8. The highest BCUT2D eigenvalue weighted by molar-refractivity contribution is 6.31. The Morgan fingerprint density at radius 2 is 1.67 bits per heavy atom. The third-order valence-corrected chi connectivity index (χ3v) is 4.50. The Morgan fingerprint density at radius 1 is 1.00 bits per heavy atom. The van der Waals surface area contributed by atoms with Crippen LogP contribution >= 0.6 is 11.6 Å². The lowest BCUT2D eigenvalue weighted by Gasteiger charge is -2.20. The smallest absolute Gasteiger partial charge is 0.238 e. The summed E-state index contributed by atoms with van der Waals surface area (Å²) in [5.74, 6) is -0.280. The van der Waals surface area contributed by atoms with E-state index >= 15 is 0 Å². The van der Waals surface area contributed by atoms with Gasteiger partial charge in [0.15, 0.2) is 0 Å². The summed E-state index contributed by atoms with van der Waals surface area (Å²) in [5, 5.41) is 6.32. The molecule has 6 heteroatoms. The van der Waals surface area contributed by atoms with Crippen molar-refractivity contribution < 1.29 is 9.59 Å². The van der Waals surface area contributed by atoms with Gasteiger partial charge in [-0.1, -0.05) is 54.4 Å². The van der Waals surface area contributed by atoms with Crippen molar-refractivity contribution in [2.24, 2.45) is 0 Å². The number of rotatable bonds is 8. The lowest BCUT2D eigenvalue weighted by atomic mass is 10.1. The van der Waals surface area contributed by atoms with Gasteiger partial charge in [-0.3, -0.25) is 14.5 Å². The molecule has 2 aromatic rings. The summed E-state index contributed by atoms with van der Waals surface area (Å²) in [5.41, 5.74) is 3.85. The van der Waals surface area contributed by atoms with E-state index < -0.39 is 0 Å². The Labute approximate surface area is 165 Å². The Bertz CT molecular complexity index is 791. The third-order valence-electron chi connectivity index (χ3n) is 4.27. The van der Waals surface area contributed by atoms with Gasteiger partial charge in [0.1, 0.15) is 0 Å². The van der Waals surface area contributed by atoms with Crippen molar-refractivity contribution in [2.45, 2.75) is 27.3 Å². The minimum Gasteiger partial charge on any atom is -0.351 e. The molecule has 2 aromatic carbocycles. The molecule has 0 aliphatic heterocycles. The molecule has 0 unspecified atom stereocenters. The first-order valence-electron chi connectivity index (χ1n) is 8.98. The number of nitrogens with one attached hydrogen (secondary N) is 2. The van der Waals surface area contributed by atoms with Gasteiger partial charge in [-0.15, -0.1) is 0 Å². The predicted octanol–water partition coefficient (Wildman–Crippen LogP) is 3.53. The molecular weight excluding hydrogens is 362 g/mol. The fourth-order valence-electron chi connectivity index (χ4n) is 2.57. The van der Waals surface area contributed by atoms with Crippen molar-refractivity contribution in [2.75, 3.05) is 25.0 Å². The monoisotopic (exact) mass is 387 g/mol. The molecule has 0 aliphatic carbocycles. The molecule has 0 fully saturated rings. The van der Waals surface area contributed by atoms with Gasteiger partial charge in [0.2, 0.25) is 11.8 Å². The maximum atomic E-state index is 12.3. The maximum Gasteiger partial charge on any atom is 0.238 e. The van der Waals surface area contributed by atoms with E-state index in [0.717, 1.165) is 11.1 Å². The average Bonchev–Trinajstić information content (AvgIpc) is 2.63. The van der Waals surface area contributed by atoms with E-state index in [4.69, 9.17) is 11.6 Å². The average molecular weight is 388 g/mol. The summed E-state index contributed by atoms with van der Waals surface area (Å²) >= 11 is 5.98. The van der Waals surface area contributed by atoms with Crippen LogP contribution in [0.15, 0.2) is 42.5 Å². The zero-order valence-electron chi connectivity index (χ0n) is 16.0. The van der Waals surface area contributed by atoms with Crippen LogP contribution in [-0.4, -0.2) is 36.3 Å². The largest absolute Gasteiger partial charge is 0.351 e. The first-order valence-corrected chi connectivity index (χ1v) is 9.35. The number of amides is 2. The number of nitrogens with zero attached hydrogens (tertiary/aromatic N) is 1. The number of hydrogen-bond acceptors (Lipinski definition) is 3. The van der Waals surface area contributed by atoms with Crippen LogP contribution in [0.2, 0.25) is 5.02 Å². The van der Waals surface area contributed by atoms with Crippen molar-refractivity contribution in [1.29, 1.82) is 0 Å². The van der Waals surface area contributed by atoms with E-state index in [1.54, 1.807) is 17.0 Å². The van der Waals surface area contributed by atoms with E-state index in [1.807, 2.05) is 51.1 Å². The van der Waals surface area contributed by atoms with Gasteiger partial charge in [0.05, 0.1) is 13.1 Å². The predicted molar refractivity (Wildman–Crippen MR) is 110 cm³/mol. The van der Waals surface area contributed by atoms with Crippen LogP contribution in [0.25, 0.3) is 0 Å². The Morgan fingerprint density at radius 3 is 2.33 bits per heavy atom. The van der Waals surface area contributed by atoms with Gasteiger partial charge in [-0.25, -0.2) is 0 Å². The summed E-state index contributed by atoms with van der Waals surface area (Å²) in [6.07, 6.45) is 0. The van der Waals surface area contributed by atoms with Crippen LogP contribution in [0.5, 0.6) is 0 Å². The van der Waals surface area contributed by atoms with Gasteiger partial charge < -0.3 is 10.6 Å². The maximum absolute atomic E-state index is 12.3. The van der Waals surface area contributed by atoms with Crippen LogP contribution < -0.4 is 10.6 Å². The summed E-state index contributed by atoms with van der Waals surface area (Å²) in [6, 6.07) is 13.4. The van der Waals surface area contributed by atoms with Crippen molar-refractivity contribution in [3.8, 4) is 0 Å². The molecule has 0 atom stereocenters. The Hall–Kier alpha value is -2.37. The first kappa shape index (κ1) is 20.9. The van der Waals surface area contributed by atoms with E-state index in [-0.39, 0.29) is 24.9 Å². The molecule has 0 radical (unpaired) electrons. The minimum absolute atomic E-state index is 0.107. The van der Waals surface area contributed by atoms with Crippen LogP contribution in [0.3, 0.4) is 0 Å². The van der Waals surface area contributed by atoms with Crippen LogP contribution in [0.4, 0.5) is 5.69 Å². The second kappa shape index (κ2) is 10.1. The van der Waals surface area contributed by atoms with Crippen molar-refractivity contribution in [1.82, 2.24) is 10.2 Å². The third kappa shape index (κ3) is 7.04. The zero-order valence-corrected chi connectivity index (χ0v) is 16.8. The molecule has 0 saturated carbocycles. The summed E-state index contributed by atoms with van der Waals surface area (Å²) < 4.78 is 0. The SMILES string of the molecule is CCN(CC(=O)NCc1ccc(C)cc1)CC(=O)Nc1cc(Cl)ccc1C. The van der Waals surface area contributed by atoms with Gasteiger partial charge in [-0.2, -0.15) is 0 Å². The fraction of sp³-hybridized carbons (Fsp3) is 0.333. The number of likely N-dealkylation sites (N-methyl/N-ethyl adjacent to an activating group) is 1. The molecule has 2 rings (SSSR count). The first-order chi connectivity index (χ1) is 12.9. The van der Waals surface area contributed by atoms with Gasteiger partial charge in [-0.05, 0) is 43.7 Å². The number of halogens is 1. The molecule has 0 spiro atoms. The molecule has 0 bridgehead atoms. The lowest BCUT2D eigenvalue weighted by Crippen LogP contribution is -2.40. The molecular formula is C21H26ClN3O2. The van der Waals surface area contributed by atoms with Gasteiger partial charge in [0, 0.05) is 17.3 Å². The highest BCUT2D eigenvalue weighted by Crippen LogP contribution is 2.20. The van der Waals surface area contributed by atoms with E-state index in [2.05, 4.69) is 10.6 Å². The number of benzene rings is 2. The van der Waals surface area contributed by atoms with Crippen molar-refractivity contribution >= 4 is 29.1 Å². The molecule has 0 aromatic heterocycles. The van der Waals surface area contributed by atoms with Gasteiger partial charge in [0.25, 0.3) is 0 Å². The summed E-state index contributed by atoms with van der Waals surface area (Å²) in [6.45, 7) is 7.24. The van der Waals surface area contributed by atoms with E-state index in [1.165, 1.54) is 5.56 Å². The van der Waals surface area contributed by atoms with E-state index in [9.17, 15) is 9.59 Å². The minimum atomic E-state index is -0.173. The molecule has 2 amide bonds. The Kier molecular flexibility index (Phi) is 7.82. The number of anilines is 1. The highest BCUT2D eigenvalue weighted by Gasteiger charge is 2.14. The molecule has 2 N–H and O–H groups in total. The van der Waals surface area contributed by atoms with Crippen molar-refractivity contribution in [3.05, 3.63) is 64.2 Å². The van der Waals surface area contributed by atoms with Gasteiger partial charge >= 0.3 is 0 Å². The lowest BCUT2D eigenvalue weighted by molar-refractivity contribution is -0.123. The number of aryl methyl sites for hydroxylation is 2. The van der Waals surface area contributed by atoms with Crippen LogP contribution in [0.1, 0.15) is 23.6 Å². The van der Waals surface area contributed by atoms with Crippen molar-refractivity contribution in [3.63, 3.8) is 0 Å². The second-order valence-corrected chi connectivity index (χ2v) is 7.01. The molecule has 0 saturated heterocycles. The quantitative estimate of drug-likeness (QED) is 0.728. The number of carbonyl (C=O) groups excluding carboxylic acids is 2. The normalized spacial score (nSPS) is 10.7. The second-order valence-electron chi connectivity index (χ2n) is 6.57. The molecule has 144 valence electrons. The summed E-state index contributed by atoms with van der Waals surface area (Å²) in [4.78, 5) is 26.3. The molecule has 0 aliphatic rings. The standard InChI is InChI=1S/C21H26ClN3O2/c1-4-25(13-20(26)23-12-17-8-5-15(2)6-9-17)14-21(27)24-19-11-18(22)10-7-16(19)3/h5-11H,4,12-14H2,1-3H3,(H,23,26)(H,24,27). The summed E-state index contributed by atoms with van der Waals surface area (Å²) in [7, 11) is 0. The van der Waals surface area contributed by atoms with E-state index in [0.29, 0.717) is 23.8 Å². The topological polar surface area (TPSA) is 61.4 Å². The molecule has 0 heterocycles. The highest BCUT2D eigenvalue weighted by atomic mass is 35.5. The van der Waals surface area contributed by atoms with Crippen LogP contribution in [-0.2, 0) is 16.1 Å².